The van der Waals surface area contributed by atoms with Crippen LogP contribution in [0.2, 0.25) is 0 Å². The maximum absolute atomic E-state index is 13.7. The maximum atomic E-state index is 13.7. The van der Waals surface area contributed by atoms with Gasteiger partial charge in [-0.2, -0.15) is 0 Å². The number of ether oxygens (including phenoxy) is 4. The summed E-state index contributed by atoms with van der Waals surface area (Å²) in [6, 6.07) is 35.4. The molecule has 220 valence electrons. The van der Waals surface area contributed by atoms with Gasteiger partial charge < -0.3 is 18.9 Å². The number of imide groups is 1. The number of hydrogen-bond donors (Lipinski definition) is 1. The average Bonchev–Trinajstić information content (AvgIpc) is 3.30. The lowest BCUT2D eigenvalue weighted by atomic mass is 9.95. The van der Waals surface area contributed by atoms with Crippen molar-refractivity contribution in [1.82, 2.24) is 4.90 Å². The van der Waals surface area contributed by atoms with E-state index in [0.29, 0.717) is 17.7 Å². The van der Waals surface area contributed by atoms with Crippen molar-refractivity contribution >= 4 is 24.4 Å². The van der Waals surface area contributed by atoms with Gasteiger partial charge in [0.1, 0.15) is 29.8 Å². The van der Waals surface area contributed by atoms with E-state index in [1.54, 1.807) is 24.3 Å². The summed E-state index contributed by atoms with van der Waals surface area (Å²) >= 11 is 4.80. The highest BCUT2D eigenvalue weighted by Gasteiger charge is 2.54. The number of amides is 2. The fraction of sp³-hybridized carbons (Fsp3) is 0.257. The minimum absolute atomic E-state index is 0.200. The number of carbonyl (C=O) groups excluding carboxylic acids is 2. The van der Waals surface area contributed by atoms with E-state index in [9.17, 15) is 9.59 Å². The Morgan fingerprint density at radius 1 is 0.605 bits per heavy atom. The van der Waals surface area contributed by atoms with Gasteiger partial charge in [-0.3, -0.25) is 14.5 Å². The third kappa shape index (κ3) is 6.59. The maximum Gasteiger partial charge on any atom is 0.262 e. The molecule has 1 fully saturated rings. The van der Waals surface area contributed by atoms with Crippen molar-refractivity contribution in [3.8, 4) is 0 Å². The molecule has 0 aliphatic carbocycles. The molecule has 1 saturated heterocycles. The molecular formula is C35H33NO6S. The molecule has 43 heavy (non-hydrogen) atoms. The fourth-order valence-electron chi connectivity index (χ4n) is 5.59. The van der Waals surface area contributed by atoms with Crippen LogP contribution in [0.1, 0.15) is 37.4 Å². The highest BCUT2D eigenvalue weighted by atomic mass is 32.1. The minimum atomic E-state index is -0.856. The summed E-state index contributed by atoms with van der Waals surface area (Å²) in [6.45, 7) is 1.11. The van der Waals surface area contributed by atoms with Crippen LogP contribution in [0.15, 0.2) is 115 Å². The SMILES string of the molecule is O=C1c2ccccc2C(=O)N1[C@@H]1[C@@H](OCc2ccccc2)[C@H](OCc2ccccc2)[C@@H](COCc2ccccc2)O[C@H]1S. The largest absolute Gasteiger partial charge is 0.374 e. The van der Waals surface area contributed by atoms with E-state index < -0.39 is 41.6 Å². The lowest BCUT2D eigenvalue weighted by Crippen LogP contribution is -2.65. The van der Waals surface area contributed by atoms with Gasteiger partial charge in [0, 0.05) is 0 Å². The molecule has 0 bridgehead atoms. The van der Waals surface area contributed by atoms with Gasteiger partial charge in [0.25, 0.3) is 11.8 Å². The Hall–Kier alpha value is -3.79. The van der Waals surface area contributed by atoms with Crippen LogP contribution in [0, 0.1) is 0 Å². The first kappa shape index (κ1) is 29.3. The second kappa shape index (κ2) is 13.7. The zero-order chi connectivity index (χ0) is 29.6. The predicted molar refractivity (Wildman–Crippen MR) is 165 cm³/mol. The molecule has 4 aromatic rings. The molecule has 2 aliphatic heterocycles. The Morgan fingerprint density at radius 2 is 1.05 bits per heavy atom. The first-order valence-electron chi connectivity index (χ1n) is 14.3. The van der Waals surface area contributed by atoms with Crippen molar-refractivity contribution in [3.63, 3.8) is 0 Å². The average molecular weight is 596 g/mol. The first-order valence-corrected chi connectivity index (χ1v) is 14.8. The van der Waals surface area contributed by atoms with Gasteiger partial charge in [-0.05, 0) is 28.8 Å². The van der Waals surface area contributed by atoms with Gasteiger partial charge in [0.15, 0.2) is 0 Å². The smallest absolute Gasteiger partial charge is 0.262 e. The van der Waals surface area contributed by atoms with Crippen LogP contribution in [0.5, 0.6) is 0 Å². The third-order valence-electron chi connectivity index (χ3n) is 7.72. The number of fused-ring (bicyclic) bond motifs is 1. The zero-order valence-corrected chi connectivity index (χ0v) is 24.4. The zero-order valence-electron chi connectivity index (χ0n) is 23.5. The molecule has 7 nitrogen and oxygen atoms in total. The van der Waals surface area contributed by atoms with Crippen LogP contribution in [0.25, 0.3) is 0 Å². The van der Waals surface area contributed by atoms with E-state index in [4.69, 9.17) is 31.6 Å². The molecule has 0 saturated carbocycles. The Kier molecular flexibility index (Phi) is 9.31. The lowest BCUT2D eigenvalue weighted by Gasteiger charge is -2.47. The minimum Gasteiger partial charge on any atom is -0.374 e. The molecule has 2 amide bonds. The van der Waals surface area contributed by atoms with Crippen LogP contribution in [0.4, 0.5) is 0 Å². The van der Waals surface area contributed by atoms with Crippen LogP contribution >= 0.6 is 12.6 Å². The summed E-state index contributed by atoms with van der Waals surface area (Å²) in [5.41, 5.74) is 2.81. The highest BCUT2D eigenvalue weighted by Crippen LogP contribution is 2.36. The van der Waals surface area contributed by atoms with Crippen molar-refractivity contribution in [2.24, 2.45) is 0 Å². The van der Waals surface area contributed by atoms with Crippen LogP contribution in [-0.4, -0.2) is 53.1 Å². The number of carbonyl (C=O) groups is 2. The fourth-order valence-corrected chi connectivity index (χ4v) is 6.05. The molecule has 5 atom stereocenters. The number of benzene rings is 4. The highest BCUT2D eigenvalue weighted by molar-refractivity contribution is 7.80. The number of hydrogen-bond acceptors (Lipinski definition) is 7. The summed E-state index contributed by atoms with van der Waals surface area (Å²) in [5.74, 6) is -0.802. The van der Waals surface area contributed by atoms with E-state index >= 15 is 0 Å². The van der Waals surface area contributed by atoms with Crippen molar-refractivity contribution < 1.29 is 28.5 Å². The lowest BCUT2D eigenvalue weighted by molar-refractivity contribution is -0.223. The quantitative estimate of drug-likeness (QED) is 0.177. The molecular weight excluding hydrogens is 562 g/mol. The molecule has 0 radical (unpaired) electrons. The van der Waals surface area contributed by atoms with E-state index in [2.05, 4.69) is 0 Å². The van der Waals surface area contributed by atoms with Crippen molar-refractivity contribution in [2.75, 3.05) is 6.61 Å². The summed E-state index contributed by atoms with van der Waals surface area (Å²) in [5, 5.41) is 0. The Labute approximate surface area is 256 Å². The second-order valence-corrected chi connectivity index (χ2v) is 11.1. The van der Waals surface area contributed by atoms with Crippen molar-refractivity contribution in [3.05, 3.63) is 143 Å². The van der Waals surface area contributed by atoms with Gasteiger partial charge in [-0.25, -0.2) is 0 Å². The van der Waals surface area contributed by atoms with Gasteiger partial charge in [-0.15, -0.1) is 12.6 Å². The molecule has 4 aromatic carbocycles. The Morgan fingerprint density at radius 3 is 1.56 bits per heavy atom. The molecule has 0 unspecified atom stereocenters. The third-order valence-corrected chi connectivity index (χ3v) is 8.15. The molecule has 0 spiro atoms. The predicted octanol–water partition coefficient (Wildman–Crippen LogP) is 5.69. The topological polar surface area (TPSA) is 74.3 Å². The normalized spacial score (nSPS) is 23.4. The number of rotatable bonds is 11. The Bertz CT molecular complexity index is 1480. The molecule has 0 aromatic heterocycles. The molecule has 2 heterocycles. The van der Waals surface area contributed by atoms with E-state index in [1.165, 1.54) is 4.90 Å². The molecule has 2 aliphatic rings. The van der Waals surface area contributed by atoms with Crippen LogP contribution < -0.4 is 0 Å². The standard InChI is InChI=1S/C35H33NO6S/c37-33-27-18-10-11-19-28(27)34(38)36(33)30-32(41-22-26-16-8-3-9-17-26)31(40-21-25-14-6-2-7-15-25)29(42-35(30)43)23-39-20-24-12-4-1-5-13-24/h1-19,29-32,35,43H,20-23H2/t29-,30-,31-,32-,35+/m1/s1. The Balaban J connectivity index is 1.31. The van der Waals surface area contributed by atoms with Crippen LogP contribution in [-0.2, 0) is 38.8 Å². The second-order valence-electron chi connectivity index (χ2n) is 10.6. The number of nitrogens with zero attached hydrogens (tertiary/aromatic N) is 1. The molecule has 0 N–H and O–H groups in total. The van der Waals surface area contributed by atoms with Crippen molar-refractivity contribution in [2.45, 2.75) is 49.6 Å². The molecule has 6 rings (SSSR count). The summed E-state index contributed by atoms with van der Waals surface area (Å²) in [7, 11) is 0. The van der Waals surface area contributed by atoms with Crippen molar-refractivity contribution in [1.29, 1.82) is 0 Å². The van der Waals surface area contributed by atoms with Gasteiger partial charge in [0.05, 0.1) is 37.6 Å². The van der Waals surface area contributed by atoms with Gasteiger partial charge in [0.2, 0.25) is 0 Å². The monoisotopic (exact) mass is 595 g/mol. The van der Waals surface area contributed by atoms with Gasteiger partial charge >= 0.3 is 0 Å². The van der Waals surface area contributed by atoms with E-state index in [-0.39, 0.29) is 19.8 Å². The first-order chi connectivity index (χ1) is 21.1. The van der Waals surface area contributed by atoms with E-state index in [1.807, 2.05) is 91.0 Å². The summed E-state index contributed by atoms with van der Waals surface area (Å²) in [6.07, 6.45) is -2.02. The van der Waals surface area contributed by atoms with E-state index in [0.717, 1.165) is 16.7 Å². The summed E-state index contributed by atoms with van der Waals surface area (Å²) < 4.78 is 25.7. The van der Waals surface area contributed by atoms with Crippen LogP contribution in [0.3, 0.4) is 0 Å². The number of thiol groups is 1. The summed E-state index contributed by atoms with van der Waals surface area (Å²) in [4.78, 5) is 28.6. The van der Waals surface area contributed by atoms with Gasteiger partial charge in [-0.1, -0.05) is 103 Å². The molecule has 8 heteroatoms.